The Bertz CT molecular complexity index is 419. The van der Waals surface area contributed by atoms with Gasteiger partial charge < -0.3 is 10.0 Å². The van der Waals surface area contributed by atoms with Gasteiger partial charge in [-0.15, -0.1) is 0 Å². The van der Waals surface area contributed by atoms with Gasteiger partial charge in [0.1, 0.15) is 0 Å². The van der Waals surface area contributed by atoms with Gasteiger partial charge in [0.15, 0.2) is 0 Å². The lowest BCUT2D eigenvalue weighted by atomic mass is 10.1. The first-order valence-electron chi connectivity index (χ1n) is 5.29. The SMILES string of the molecule is Cc1ccc(I)c(N2CC(CO)CC2=O)c1. The fourth-order valence-electron chi connectivity index (χ4n) is 1.97. The lowest BCUT2D eigenvalue weighted by Crippen LogP contribution is -2.25. The molecule has 1 unspecified atom stereocenters. The highest BCUT2D eigenvalue weighted by Gasteiger charge is 2.30. The first-order valence-corrected chi connectivity index (χ1v) is 6.37. The number of benzene rings is 1. The first kappa shape index (κ1) is 11.9. The van der Waals surface area contributed by atoms with Gasteiger partial charge in [-0.3, -0.25) is 4.79 Å². The molecule has 0 spiro atoms. The zero-order valence-electron chi connectivity index (χ0n) is 9.11. The average molecular weight is 331 g/mol. The van der Waals surface area contributed by atoms with E-state index in [-0.39, 0.29) is 18.4 Å². The predicted octanol–water partition coefficient (Wildman–Crippen LogP) is 1.94. The van der Waals surface area contributed by atoms with E-state index in [2.05, 4.69) is 22.6 Å². The van der Waals surface area contributed by atoms with Crippen LogP contribution < -0.4 is 4.90 Å². The Kier molecular flexibility index (Phi) is 3.49. The molecule has 16 heavy (non-hydrogen) atoms. The molecule has 0 aromatic heterocycles. The van der Waals surface area contributed by atoms with Crippen molar-refractivity contribution in [3.63, 3.8) is 0 Å². The van der Waals surface area contributed by atoms with Gasteiger partial charge in [-0.25, -0.2) is 0 Å². The number of hydrogen-bond acceptors (Lipinski definition) is 2. The van der Waals surface area contributed by atoms with E-state index in [0.717, 1.165) is 14.8 Å². The second kappa shape index (κ2) is 4.71. The third-order valence-corrected chi connectivity index (χ3v) is 3.77. The van der Waals surface area contributed by atoms with Crippen molar-refractivity contribution in [2.75, 3.05) is 18.1 Å². The molecule has 1 aliphatic rings. The number of carbonyl (C=O) groups is 1. The van der Waals surface area contributed by atoms with Gasteiger partial charge in [0.05, 0.1) is 5.69 Å². The minimum absolute atomic E-state index is 0.0869. The number of aliphatic hydroxyl groups excluding tert-OH is 1. The van der Waals surface area contributed by atoms with Crippen LogP contribution in [0.5, 0.6) is 0 Å². The Labute approximate surface area is 109 Å². The largest absolute Gasteiger partial charge is 0.396 e. The van der Waals surface area contributed by atoms with Crippen LogP contribution in [0.3, 0.4) is 0 Å². The van der Waals surface area contributed by atoms with Gasteiger partial charge in [-0.05, 0) is 47.2 Å². The maximum Gasteiger partial charge on any atom is 0.227 e. The molecule has 1 atom stereocenters. The summed E-state index contributed by atoms with van der Waals surface area (Å²) in [6.07, 6.45) is 0.459. The number of amides is 1. The molecule has 0 radical (unpaired) electrons. The number of aryl methyl sites for hydroxylation is 1. The fraction of sp³-hybridized carbons (Fsp3) is 0.417. The van der Waals surface area contributed by atoms with E-state index >= 15 is 0 Å². The maximum absolute atomic E-state index is 11.8. The van der Waals surface area contributed by atoms with Gasteiger partial charge in [0.25, 0.3) is 0 Å². The summed E-state index contributed by atoms with van der Waals surface area (Å²) in [5.74, 6) is 0.200. The van der Waals surface area contributed by atoms with Crippen LogP contribution in [0.2, 0.25) is 0 Å². The topological polar surface area (TPSA) is 40.5 Å². The van der Waals surface area contributed by atoms with Crippen LogP contribution in [-0.4, -0.2) is 24.2 Å². The second-order valence-corrected chi connectivity index (χ2v) is 5.37. The normalized spacial score (nSPS) is 20.6. The van der Waals surface area contributed by atoms with Crippen LogP contribution in [0.4, 0.5) is 5.69 Å². The van der Waals surface area contributed by atoms with E-state index in [1.807, 2.05) is 25.1 Å². The highest BCUT2D eigenvalue weighted by atomic mass is 127. The highest BCUT2D eigenvalue weighted by molar-refractivity contribution is 14.1. The third-order valence-electron chi connectivity index (χ3n) is 2.86. The molecule has 0 bridgehead atoms. The molecule has 1 N–H and O–H groups in total. The van der Waals surface area contributed by atoms with Crippen molar-refractivity contribution in [2.24, 2.45) is 5.92 Å². The number of hydrogen-bond donors (Lipinski definition) is 1. The van der Waals surface area contributed by atoms with Crippen LogP contribution in [0, 0.1) is 16.4 Å². The molecule has 1 heterocycles. The van der Waals surface area contributed by atoms with Crippen molar-refractivity contribution < 1.29 is 9.90 Å². The molecular weight excluding hydrogens is 317 g/mol. The molecule has 2 rings (SSSR count). The molecular formula is C12H14INO2. The van der Waals surface area contributed by atoms with Crippen LogP contribution in [0.15, 0.2) is 18.2 Å². The zero-order chi connectivity index (χ0) is 11.7. The molecule has 86 valence electrons. The maximum atomic E-state index is 11.8. The average Bonchev–Trinajstić information content (AvgIpc) is 2.63. The van der Waals surface area contributed by atoms with Crippen molar-refractivity contribution in [2.45, 2.75) is 13.3 Å². The number of anilines is 1. The zero-order valence-corrected chi connectivity index (χ0v) is 11.3. The van der Waals surface area contributed by atoms with E-state index in [4.69, 9.17) is 5.11 Å². The minimum Gasteiger partial charge on any atom is -0.396 e. The summed E-state index contributed by atoms with van der Waals surface area (Å²) in [5.41, 5.74) is 2.12. The molecule has 4 heteroatoms. The van der Waals surface area contributed by atoms with Crippen molar-refractivity contribution in [1.82, 2.24) is 0 Å². The molecule has 1 aromatic rings. The van der Waals surface area contributed by atoms with Crippen molar-refractivity contribution in [1.29, 1.82) is 0 Å². The number of aliphatic hydroxyl groups is 1. The number of rotatable bonds is 2. The first-order chi connectivity index (χ1) is 7.61. The number of nitrogens with zero attached hydrogens (tertiary/aromatic N) is 1. The van der Waals surface area contributed by atoms with E-state index in [9.17, 15) is 4.79 Å². The molecule has 0 aliphatic carbocycles. The second-order valence-electron chi connectivity index (χ2n) is 4.21. The van der Waals surface area contributed by atoms with Gasteiger partial charge in [-0.2, -0.15) is 0 Å². The summed E-state index contributed by atoms with van der Waals surface area (Å²) in [4.78, 5) is 13.6. The Balaban J connectivity index is 2.30. The Morgan fingerprint density at radius 1 is 1.56 bits per heavy atom. The lowest BCUT2D eigenvalue weighted by Gasteiger charge is -2.18. The van der Waals surface area contributed by atoms with Gasteiger partial charge in [0.2, 0.25) is 5.91 Å². The molecule has 1 amide bonds. The summed E-state index contributed by atoms with van der Waals surface area (Å²) < 4.78 is 1.08. The predicted molar refractivity (Wildman–Crippen MR) is 71.4 cm³/mol. The number of halogens is 1. The Morgan fingerprint density at radius 2 is 2.31 bits per heavy atom. The van der Waals surface area contributed by atoms with Crippen molar-refractivity contribution in [3.05, 3.63) is 27.3 Å². The summed E-state index contributed by atoms with van der Waals surface area (Å²) >= 11 is 2.24. The van der Waals surface area contributed by atoms with Gasteiger partial charge in [-0.1, -0.05) is 6.07 Å². The molecule has 1 saturated heterocycles. The molecule has 1 fully saturated rings. The standard InChI is InChI=1S/C12H14INO2/c1-8-2-3-10(13)11(4-8)14-6-9(7-15)5-12(14)16/h2-4,9,15H,5-7H2,1H3. The van der Waals surface area contributed by atoms with Crippen LogP contribution >= 0.6 is 22.6 Å². The van der Waals surface area contributed by atoms with Crippen LogP contribution in [0.1, 0.15) is 12.0 Å². The minimum atomic E-state index is 0.0869. The highest BCUT2D eigenvalue weighted by Crippen LogP contribution is 2.29. The van der Waals surface area contributed by atoms with Crippen molar-refractivity contribution >= 4 is 34.2 Å². The van der Waals surface area contributed by atoms with E-state index in [1.54, 1.807) is 4.90 Å². The molecule has 1 aliphatic heterocycles. The van der Waals surface area contributed by atoms with Gasteiger partial charge in [0, 0.05) is 29.1 Å². The summed E-state index contributed by atoms with van der Waals surface area (Å²) in [7, 11) is 0. The van der Waals surface area contributed by atoms with Crippen LogP contribution in [-0.2, 0) is 4.79 Å². The van der Waals surface area contributed by atoms with E-state index in [1.165, 1.54) is 0 Å². The van der Waals surface area contributed by atoms with E-state index < -0.39 is 0 Å². The summed E-state index contributed by atoms with van der Waals surface area (Å²) in [6.45, 7) is 2.74. The fourth-order valence-corrected chi connectivity index (χ4v) is 2.59. The third kappa shape index (κ3) is 2.22. The Morgan fingerprint density at radius 3 is 2.94 bits per heavy atom. The lowest BCUT2D eigenvalue weighted by molar-refractivity contribution is -0.117. The summed E-state index contributed by atoms with van der Waals surface area (Å²) in [6, 6.07) is 6.08. The summed E-state index contributed by atoms with van der Waals surface area (Å²) in [5, 5.41) is 9.09. The van der Waals surface area contributed by atoms with Crippen molar-refractivity contribution in [3.8, 4) is 0 Å². The number of carbonyl (C=O) groups excluding carboxylic acids is 1. The quantitative estimate of drug-likeness (QED) is 0.842. The molecule has 3 nitrogen and oxygen atoms in total. The molecule has 1 aromatic carbocycles. The van der Waals surface area contributed by atoms with Crippen LogP contribution in [0.25, 0.3) is 0 Å². The Hall–Kier alpha value is -0.620. The smallest absolute Gasteiger partial charge is 0.227 e. The molecule has 0 saturated carbocycles. The van der Waals surface area contributed by atoms with E-state index in [0.29, 0.717) is 13.0 Å². The van der Waals surface area contributed by atoms with Gasteiger partial charge >= 0.3 is 0 Å². The monoisotopic (exact) mass is 331 g/mol.